The summed E-state index contributed by atoms with van der Waals surface area (Å²) in [7, 11) is 0. The van der Waals surface area contributed by atoms with Crippen LogP contribution in [-0.2, 0) is 9.53 Å². The molecule has 0 atom stereocenters. The molecule has 3 N–H and O–H groups in total. The summed E-state index contributed by atoms with van der Waals surface area (Å²) < 4.78 is 5.27. The summed E-state index contributed by atoms with van der Waals surface area (Å²) in [6.07, 6.45) is 7.71. The Morgan fingerprint density at radius 3 is 2.37 bits per heavy atom. The number of carbonyl (C=O) groups is 1. The minimum absolute atomic E-state index is 0.0217. The molecule has 0 aromatic heterocycles. The van der Waals surface area contributed by atoms with Crippen LogP contribution < -0.4 is 11.1 Å². The molecule has 2 aliphatic rings. The lowest BCUT2D eigenvalue weighted by molar-refractivity contribution is -0.130. The Kier molecular flexibility index (Phi) is 5.22. The minimum Gasteiger partial charge on any atom is -0.381 e. The fraction of sp³-hybridized carbons (Fsp3) is 0.933. The molecule has 4 heteroatoms. The molecular weight excluding hydrogens is 240 g/mol. The molecule has 0 aromatic carbocycles. The number of ether oxygens (including phenoxy) is 1. The van der Waals surface area contributed by atoms with E-state index in [2.05, 4.69) is 12.2 Å². The summed E-state index contributed by atoms with van der Waals surface area (Å²) >= 11 is 0. The highest BCUT2D eigenvalue weighted by molar-refractivity contribution is 5.86. The molecule has 2 rings (SSSR count). The van der Waals surface area contributed by atoms with Gasteiger partial charge in [-0.05, 0) is 37.5 Å². The average molecular weight is 268 g/mol. The first kappa shape index (κ1) is 14.8. The van der Waals surface area contributed by atoms with Gasteiger partial charge in [0.15, 0.2) is 0 Å². The van der Waals surface area contributed by atoms with Gasteiger partial charge in [0.2, 0.25) is 5.91 Å². The van der Waals surface area contributed by atoms with E-state index in [1.807, 2.05) is 0 Å². The molecule has 0 aromatic rings. The number of nitrogens with two attached hydrogens (primary N) is 1. The van der Waals surface area contributed by atoms with Crippen LogP contribution >= 0.6 is 0 Å². The van der Waals surface area contributed by atoms with Crippen LogP contribution in [0.15, 0.2) is 0 Å². The van der Waals surface area contributed by atoms with Gasteiger partial charge < -0.3 is 15.8 Å². The van der Waals surface area contributed by atoms with Crippen LogP contribution in [0.1, 0.15) is 51.9 Å². The summed E-state index contributed by atoms with van der Waals surface area (Å²) in [5.74, 6) is 1.58. The normalized spacial score (nSPS) is 30.8. The van der Waals surface area contributed by atoms with Crippen LogP contribution in [0.25, 0.3) is 0 Å². The zero-order valence-corrected chi connectivity index (χ0v) is 12.1. The third-order valence-corrected chi connectivity index (χ3v) is 4.93. The monoisotopic (exact) mass is 268 g/mol. The van der Waals surface area contributed by atoms with Crippen LogP contribution in [-0.4, -0.2) is 31.2 Å². The Morgan fingerprint density at radius 2 is 1.79 bits per heavy atom. The lowest BCUT2D eigenvalue weighted by Crippen LogP contribution is -2.57. The second-order valence-electron chi connectivity index (χ2n) is 6.27. The molecule has 1 saturated carbocycles. The molecule has 1 heterocycles. The Balaban J connectivity index is 1.71. The molecule has 1 saturated heterocycles. The van der Waals surface area contributed by atoms with Crippen molar-refractivity contribution in [3.63, 3.8) is 0 Å². The molecule has 19 heavy (non-hydrogen) atoms. The van der Waals surface area contributed by atoms with Crippen molar-refractivity contribution in [1.82, 2.24) is 5.32 Å². The van der Waals surface area contributed by atoms with Gasteiger partial charge in [-0.2, -0.15) is 0 Å². The van der Waals surface area contributed by atoms with E-state index >= 15 is 0 Å². The first-order valence-electron chi connectivity index (χ1n) is 7.79. The Labute approximate surface area is 116 Å². The second kappa shape index (κ2) is 6.71. The SMILES string of the molecule is CCC1CCC(CNC(=O)C2(N)CCOCC2)CC1. The molecule has 0 bridgehead atoms. The van der Waals surface area contributed by atoms with Crippen molar-refractivity contribution < 1.29 is 9.53 Å². The van der Waals surface area contributed by atoms with Crippen LogP contribution in [0.4, 0.5) is 0 Å². The molecule has 1 aliphatic heterocycles. The largest absolute Gasteiger partial charge is 0.381 e. The van der Waals surface area contributed by atoms with Crippen molar-refractivity contribution in [2.24, 2.45) is 17.6 Å². The quantitative estimate of drug-likeness (QED) is 0.817. The maximum atomic E-state index is 12.2. The first-order valence-corrected chi connectivity index (χ1v) is 7.79. The summed E-state index contributed by atoms with van der Waals surface area (Å²) in [5, 5.41) is 3.08. The predicted molar refractivity (Wildman–Crippen MR) is 75.7 cm³/mol. The topological polar surface area (TPSA) is 64.4 Å². The van der Waals surface area contributed by atoms with Gasteiger partial charge >= 0.3 is 0 Å². The Bertz CT molecular complexity index is 293. The van der Waals surface area contributed by atoms with Crippen molar-refractivity contribution in [2.45, 2.75) is 57.4 Å². The molecule has 0 radical (unpaired) electrons. The van der Waals surface area contributed by atoms with Crippen molar-refractivity contribution in [1.29, 1.82) is 0 Å². The molecule has 0 unspecified atom stereocenters. The van der Waals surface area contributed by atoms with E-state index in [4.69, 9.17) is 10.5 Å². The van der Waals surface area contributed by atoms with E-state index in [-0.39, 0.29) is 5.91 Å². The molecule has 1 aliphatic carbocycles. The number of carbonyl (C=O) groups excluding carboxylic acids is 1. The number of nitrogens with one attached hydrogen (secondary N) is 1. The summed E-state index contributed by atoms with van der Waals surface area (Å²) in [5.41, 5.74) is 5.47. The molecule has 1 amide bonds. The summed E-state index contributed by atoms with van der Waals surface area (Å²) in [6, 6.07) is 0. The lowest BCUT2D eigenvalue weighted by atomic mass is 9.80. The van der Waals surface area contributed by atoms with Crippen molar-refractivity contribution in [3.8, 4) is 0 Å². The van der Waals surface area contributed by atoms with Gasteiger partial charge in [-0.15, -0.1) is 0 Å². The molecule has 2 fully saturated rings. The highest BCUT2D eigenvalue weighted by atomic mass is 16.5. The van der Waals surface area contributed by atoms with Crippen LogP contribution in [0.2, 0.25) is 0 Å². The Hall–Kier alpha value is -0.610. The van der Waals surface area contributed by atoms with Crippen molar-refractivity contribution in [3.05, 3.63) is 0 Å². The van der Waals surface area contributed by atoms with Gasteiger partial charge in [-0.25, -0.2) is 0 Å². The fourth-order valence-electron chi connectivity index (χ4n) is 3.22. The molecular formula is C15H28N2O2. The van der Waals surface area contributed by atoms with E-state index in [1.54, 1.807) is 0 Å². The third-order valence-electron chi connectivity index (χ3n) is 4.93. The highest BCUT2D eigenvalue weighted by Crippen LogP contribution is 2.30. The molecule has 4 nitrogen and oxygen atoms in total. The van der Waals surface area contributed by atoms with Gasteiger partial charge in [0.1, 0.15) is 0 Å². The predicted octanol–water partition coefficient (Wildman–Crippen LogP) is 1.83. The van der Waals surface area contributed by atoms with Crippen LogP contribution in [0.5, 0.6) is 0 Å². The van der Waals surface area contributed by atoms with Crippen LogP contribution in [0, 0.1) is 11.8 Å². The van der Waals surface area contributed by atoms with E-state index in [0.717, 1.165) is 12.5 Å². The van der Waals surface area contributed by atoms with Gasteiger partial charge in [0, 0.05) is 19.8 Å². The number of rotatable bonds is 4. The van der Waals surface area contributed by atoms with E-state index in [0.29, 0.717) is 32.0 Å². The van der Waals surface area contributed by atoms with Crippen molar-refractivity contribution in [2.75, 3.05) is 19.8 Å². The maximum Gasteiger partial charge on any atom is 0.240 e. The standard InChI is InChI=1S/C15H28N2O2/c1-2-12-3-5-13(6-4-12)11-17-14(18)15(16)7-9-19-10-8-15/h12-13H,2-11,16H2,1H3,(H,17,18). The number of hydrogen-bond donors (Lipinski definition) is 2. The fourth-order valence-corrected chi connectivity index (χ4v) is 3.22. The lowest BCUT2D eigenvalue weighted by Gasteiger charge is -2.33. The molecule has 110 valence electrons. The zero-order chi connectivity index (χ0) is 13.7. The average Bonchev–Trinajstić information content (AvgIpc) is 2.46. The van der Waals surface area contributed by atoms with Gasteiger partial charge in [0.25, 0.3) is 0 Å². The van der Waals surface area contributed by atoms with E-state index < -0.39 is 5.54 Å². The van der Waals surface area contributed by atoms with E-state index in [1.165, 1.54) is 32.1 Å². The first-order chi connectivity index (χ1) is 9.14. The maximum absolute atomic E-state index is 12.2. The smallest absolute Gasteiger partial charge is 0.240 e. The third kappa shape index (κ3) is 3.93. The van der Waals surface area contributed by atoms with Gasteiger partial charge in [-0.1, -0.05) is 26.2 Å². The van der Waals surface area contributed by atoms with Gasteiger partial charge in [0.05, 0.1) is 5.54 Å². The van der Waals surface area contributed by atoms with Crippen LogP contribution in [0.3, 0.4) is 0 Å². The highest BCUT2D eigenvalue weighted by Gasteiger charge is 2.36. The number of amides is 1. The summed E-state index contributed by atoms with van der Waals surface area (Å²) in [6.45, 7) is 4.28. The molecule has 0 spiro atoms. The second-order valence-corrected chi connectivity index (χ2v) is 6.27. The van der Waals surface area contributed by atoms with E-state index in [9.17, 15) is 4.79 Å². The van der Waals surface area contributed by atoms with Crippen molar-refractivity contribution >= 4 is 5.91 Å². The summed E-state index contributed by atoms with van der Waals surface area (Å²) in [4.78, 5) is 12.2. The minimum atomic E-state index is -0.696. The Morgan fingerprint density at radius 1 is 1.21 bits per heavy atom. The number of hydrogen-bond acceptors (Lipinski definition) is 3. The zero-order valence-electron chi connectivity index (χ0n) is 12.1. The van der Waals surface area contributed by atoms with Gasteiger partial charge in [-0.3, -0.25) is 4.79 Å².